The number of para-hydroxylation sites is 2. The van der Waals surface area contributed by atoms with Crippen molar-refractivity contribution in [1.82, 2.24) is 5.32 Å². The van der Waals surface area contributed by atoms with Gasteiger partial charge in [-0.3, -0.25) is 4.79 Å². The monoisotopic (exact) mass is 327 g/mol. The van der Waals surface area contributed by atoms with E-state index >= 15 is 0 Å². The van der Waals surface area contributed by atoms with Crippen LogP contribution < -0.4 is 14.8 Å². The summed E-state index contributed by atoms with van der Waals surface area (Å²) in [5.74, 6) is 1.43. The lowest BCUT2D eigenvalue weighted by Crippen LogP contribution is -2.37. The number of carbonyl (C=O) groups is 1. The van der Waals surface area contributed by atoms with Crippen LogP contribution in [0, 0.1) is 6.92 Å². The van der Waals surface area contributed by atoms with Crippen LogP contribution in [-0.2, 0) is 11.3 Å². The van der Waals surface area contributed by atoms with Crippen LogP contribution in [0.2, 0.25) is 0 Å². The first-order chi connectivity index (χ1) is 11.7. The lowest BCUT2D eigenvalue weighted by atomic mass is 10.2. The highest BCUT2D eigenvalue weighted by molar-refractivity contribution is 5.81. The third-order valence-corrected chi connectivity index (χ3v) is 3.75. The van der Waals surface area contributed by atoms with Crippen LogP contribution in [0.25, 0.3) is 0 Å². The van der Waals surface area contributed by atoms with Gasteiger partial charge in [0, 0.05) is 12.1 Å². The minimum Gasteiger partial charge on any atom is -0.494 e. The van der Waals surface area contributed by atoms with Crippen LogP contribution in [0.3, 0.4) is 0 Å². The van der Waals surface area contributed by atoms with Crippen LogP contribution in [0.4, 0.5) is 0 Å². The molecule has 2 rings (SSSR count). The second-order valence-corrected chi connectivity index (χ2v) is 5.54. The fourth-order valence-corrected chi connectivity index (χ4v) is 2.41. The Kier molecular flexibility index (Phi) is 6.67. The summed E-state index contributed by atoms with van der Waals surface area (Å²) in [7, 11) is 0. The molecule has 0 heterocycles. The predicted octanol–water partition coefficient (Wildman–Crippen LogP) is 3.87. The van der Waals surface area contributed by atoms with Crippen molar-refractivity contribution in [3.8, 4) is 11.5 Å². The molecule has 0 aliphatic heterocycles. The smallest absolute Gasteiger partial charge is 0.261 e. The molecule has 0 radical (unpaired) electrons. The van der Waals surface area contributed by atoms with E-state index in [2.05, 4.69) is 5.32 Å². The average Bonchev–Trinajstić information content (AvgIpc) is 2.60. The zero-order chi connectivity index (χ0) is 17.4. The van der Waals surface area contributed by atoms with Gasteiger partial charge in [0.15, 0.2) is 6.10 Å². The number of ether oxygens (including phenoxy) is 2. The Morgan fingerprint density at radius 2 is 1.71 bits per heavy atom. The number of hydrogen-bond acceptors (Lipinski definition) is 3. The van der Waals surface area contributed by atoms with E-state index < -0.39 is 6.10 Å². The maximum atomic E-state index is 12.5. The van der Waals surface area contributed by atoms with Gasteiger partial charge in [-0.15, -0.1) is 0 Å². The summed E-state index contributed by atoms with van der Waals surface area (Å²) >= 11 is 0. The number of carbonyl (C=O) groups excluding carboxylic acids is 1. The van der Waals surface area contributed by atoms with Gasteiger partial charge in [0.2, 0.25) is 0 Å². The second-order valence-electron chi connectivity index (χ2n) is 5.54. The van der Waals surface area contributed by atoms with E-state index in [0.717, 1.165) is 22.6 Å². The number of nitrogens with one attached hydrogen (secondary N) is 1. The fourth-order valence-electron chi connectivity index (χ4n) is 2.41. The fraction of sp³-hybridized carbons (Fsp3) is 0.350. The van der Waals surface area contributed by atoms with Gasteiger partial charge in [-0.05, 0) is 38.0 Å². The molecule has 0 aliphatic carbocycles. The molecule has 1 N–H and O–H groups in total. The molecule has 1 atom stereocenters. The zero-order valence-corrected chi connectivity index (χ0v) is 14.5. The summed E-state index contributed by atoms with van der Waals surface area (Å²) in [6, 6.07) is 15.4. The van der Waals surface area contributed by atoms with E-state index in [1.807, 2.05) is 69.3 Å². The molecule has 0 aromatic heterocycles. The molecule has 0 spiro atoms. The maximum Gasteiger partial charge on any atom is 0.261 e. The Bertz CT molecular complexity index is 669. The van der Waals surface area contributed by atoms with Crippen molar-refractivity contribution in [3.05, 3.63) is 59.7 Å². The molecule has 0 fully saturated rings. The quantitative estimate of drug-likeness (QED) is 0.801. The Morgan fingerprint density at radius 1 is 1.04 bits per heavy atom. The van der Waals surface area contributed by atoms with Crippen LogP contribution in [0.5, 0.6) is 11.5 Å². The van der Waals surface area contributed by atoms with E-state index in [0.29, 0.717) is 19.6 Å². The third kappa shape index (κ3) is 4.75. The molecule has 24 heavy (non-hydrogen) atoms. The first-order valence-corrected chi connectivity index (χ1v) is 8.36. The summed E-state index contributed by atoms with van der Waals surface area (Å²) in [6.07, 6.45) is 0.0955. The minimum absolute atomic E-state index is 0.118. The molecule has 2 aromatic rings. The van der Waals surface area contributed by atoms with Crippen molar-refractivity contribution in [1.29, 1.82) is 0 Å². The van der Waals surface area contributed by atoms with Gasteiger partial charge in [0.05, 0.1) is 6.61 Å². The van der Waals surface area contributed by atoms with Crippen molar-refractivity contribution in [2.24, 2.45) is 0 Å². The van der Waals surface area contributed by atoms with Gasteiger partial charge >= 0.3 is 0 Å². The predicted molar refractivity (Wildman–Crippen MR) is 95.3 cm³/mol. The molecule has 1 amide bonds. The van der Waals surface area contributed by atoms with Gasteiger partial charge in [-0.25, -0.2) is 0 Å². The number of hydrogen-bond donors (Lipinski definition) is 1. The zero-order valence-electron chi connectivity index (χ0n) is 14.5. The van der Waals surface area contributed by atoms with Crippen molar-refractivity contribution in [3.63, 3.8) is 0 Å². The Hall–Kier alpha value is -2.49. The van der Waals surface area contributed by atoms with E-state index in [-0.39, 0.29) is 5.91 Å². The summed E-state index contributed by atoms with van der Waals surface area (Å²) < 4.78 is 11.5. The van der Waals surface area contributed by atoms with Gasteiger partial charge in [-0.1, -0.05) is 43.3 Å². The highest BCUT2D eigenvalue weighted by Gasteiger charge is 2.19. The first-order valence-electron chi connectivity index (χ1n) is 8.36. The Labute approximate surface area is 143 Å². The number of amides is 1. The van der Waals surface area contributed by atoms with Crippen molar-refractivity contribution < 1.29 is 14.3 Å². The largest absolute Gasteiger partial charge is 0.494 e. The van der Waals surface area contributed by atoms with Crippen molar-refractivity contribution >= 4 is 5.91 Å². The highest BCUT2D eigenvalue weighted by Crippen LogP contribution is 2.20. The normalized spacial score (nSPS) is 11.6. The molecule has 0 saturated carbocycles. The molecule has 0 saturated heterocycles. The SMILES string of the molecule is CCOc1ccccc1CNC(=O)[C@H](CC)Oc1ccccc1C. The molecule has 128 valence electrons. The summed E-state index contributed by atoms with van der Waals surface area (Å²) in [4.78, 5) is 12.5. The molecule has 0 aliphatic rings. The van der Waals surface area contributed by atoms with E-state index in [1.54, 1.807) is 0 Å². The van der Waals surface area contributed by atoms with E-state index in [1.165, 1.54) is 0 Å². The lowest BCUT2D eigenvalue weighted by molar-refractivity contribution is -0.128. The average molecular weight is 327 g/mol. The maximum absolute atomic E-state index is 12.5. The minimum atomic E-state index is -0.509. The van der Waals surface area contributed by atoms with Crippen LogP contribution in [0.1, 0.15) is 31.4 Å². The van der Waals surface area contributed by atoms with Gasteiger partial charge in [0.25, 0.3) is 5.91 Å². The molecule has 4 heteroatoms. The highest BCUT2D eigenvalue weighted by atomic mass is 16.5. The van der Waals surface area contributed by atoms with Crippen molar-refractivity contribution in [2.75, 3.05) is 6.61 Å². The number of aryl methyl sites for hydroxylation is 1. The van der Waals surface area contributed by atoms with Crippen LogP contribution >= 0.6 is 0 Å². The topological polar surface area (TPSA) is 47.6 Å². The molecule has 0 unspecified atom stereocenters. The summed E-state index contributed by atoms with van der Waals surface area (Å²) in [5.41, 5.74) is 1.98. The van der Waals surface area contributed by atoms with E-state index in [9.17, 15) is 4.79 Å². The lowest BCUT2D eigenvalue weighted by Gasteiger charge is -2.19. The molecular formula is C20H25NO3. The van der Waals surface area contributed by atoms with E-state index in [4.69, 9.17) is 9.47 Å². The van der Waals surface area contributed by atoms with Gasteiger partial charge < -0.3 is 14.8 Å². The number of benzene rings is 2. The molecular weight excluding hydrogens is 302 g/mol. The Morgan fingerprint density at radius 3 is 2.38 bits per heavy atom. The Balaban J connectivity index is 1.99. The summed E-state index contributed by atoms with van der Waals surface area (Å²) in [5, 5.41) is 2.94. The van der Waals surface area contributed by atoms with Gasteiger partial charge in [-0.2, -0.15) is 0 Å². The standard InChI is InChI=1S/C20H25NO3/c1-4-17(24-18-12-8-6-10-15(18)3)20(22)21-14-16-11-7-9-13-19(16)23-5-2/h6-13,17H,4-5,14H2,1-3H3,(H,21,22)/t17-/m0/s1. The van der Waals surface area contributed by atoms with Crippen LogP contribution in [0.15, 0.2) is 48.5 Å². The third-order valence-electron chi connectivity index (χ3n) is 3.75. The van der Waals surface area contributed by atoms with Gasteiger partial charge in [0.1, 0.15) is 11.5 Å². The van der Waals surface area contributed by atoms with Crippen molar-refractivity contribution in [2.45, 2.75) is 39.8 Å². The molecule has 0 bridgehead atoms. The molecule has 4 nitrogen and oxygen atoms in total. The first kappa shape index (κ1) is 17.9. The second kappa shape index (κ2) is 8.96. The number of rotatable bonds is 8. The summed E-state index contributed by atoms with van der Waals surface area (Å²) in [6.45, 7) is 6.87. The molecule has 2 aromatic carbocycles. The van der Waals surface area contributed by atoms with Crippen LogP contribution in [-0.4, -0.2) is 18.6 Å².